The van der Waals surface area contributed by atoms with Gasteiger partial charge in [0.2, 0.25) is 5.91 Å². The number of nitrogens with zero attached hydrogens (tertiary/aromatic N) is 1. The third-order valence-corrected chi connectivity index (χ3v) is 3.17. The van der Waals surface area contributed by atoms with Crippen molar-refractivity contribution in [3.63, 3.8) is 0 Å². The van der Waals surface area contributed by atoms with E-state index in [0.717, 1.165) is 30.4 Å². The molecule has 18 heavy (non-hydrogen) atoms. The minimum Gasteiger partial charge on any atom is -0.378 e. The van der Waals surface area contributed by atoms with Gasteiger partial charge in [-0.3, -0.25) is 9.89 Å². The highest BCUT2D eigenvalue weighted by Gasteiger charge is 2.19. The van der Waals surface area contributed by atoms with Gasteiger partial charge in [-0.1, -0.05) is 12.1 Å². The van der Waals surface area contributed by atoms with Gasteiger partial charge in [0.05, 0.1) is 18.0 Å². The van der Waals surface area contributed by atoms with E-state index >= 15 is 0 Å². The number of carbonyl (C=O) groups excluding carboxylic acids is 1. The van der Waals surface area contributed by atoms with Gasteiger partial charge in [-0.25, -0.2) is 0 Å². The average molecular weight is 245 g/mol. The molecule has 5 nitrogen and oxygen atoms in total. The summed E-state index contributed by atoms with van der Waals surface area (Å²) in [4.78, 5) is 11.9. The van der Waals surface area contributed by atoms with Crippen LogP contribution in [0.15, 0.2) is 24.3 Å². The van der Waals surface area contributed by atoms with Crippen molar-refractivity contribution in [2.24, 2.45) is 0 Å². The zero-order valence-electron chi connectivity index (χ0n) is 9.98. The summed E-state index contributed by atoms with van der Waals surface area (Å²) in [6, 6.07) is 7.71. The van der Waals surface area contributed by atoms with E-state index in [-0.39, 0.29) is 12.0 Å². The van der Waals surface area contributed by atoms with E-state index in [9.17, 15) is 4.79 Å². The third-order valence-electron chi connectivity index (χ3n) is 3.17. The van der Waals surface area contributed by atoms with Gasteiger partial charge in [-0.2, -0.15) is 5.10 Å². The van der Waals surface area contributed by atoms with Gasteiger partial charge in [0.1, 0.15) is 0 Å². The number of hydrogen-bond donors (Lipinski definition) is 2. The van der Waals surface area contributed by atoms with Crippen molar-refractivity contribution in [2.45, 2.75) is 25.4 Å². The van der Waals surface area contributed by atoms with Crippen LogP contribution in [0, 0.1) is 0 Å². The van der Waals surface area contributed by atoms with Crippen LogP contribution >= 0.6 is 0 Å². The van der Waals surface area contributed by atoms with Crippen molar-refractivity contribution in [1.82, 2.24) is 10.2 Å². The maximum Gasteiger partial charge on any atom is 0.228 e. The molecule has 94 valence electrons. The smallest absolute Gasteiger partial charge is 0.228 e. The molecule has 0 spiro atoms. The van der Waals surface area contributed by atoms with Gasteiger partial charge < -0.3 is 10.1 Å². The molecule has 2 N–H and O–H groups in total. The molecule has 1 atom stereocenters. The number of anilines is 1. The second-order valence-corrected chi connectivity index (χ2v) is 4.51. The number of fused-ring (bicyclic) bond motifs is 1. The Morgan fingerprint density at radius 3 is 3.22 bits per heavy atom. The van der Waals surface area contributed by atoms with Gasteiger partial charge >= 0.3 is 0 Å². The maximum atomic E-state index is 11.9. The first-order valence-corrected chi connectivity index (χ1v) is 6.17. The number of aromatic amines is 1. The summed E-state index contributed by atoms with van der Waals surface area (Å²) in [7, 11) is 0. The molecule has 5 heteroatoms. The van der Waals surface area contributed by atoms with Crippen LogP contribution in [0.3, 0.4) is 0 Å². The second kappa shape index (κ2) is 4.78. The second-order valence-electron chi connectivity index (χ2n) is 4.51. The van der Waals surface area contributed by atoms with Crippen molar-refractivity contribution < 1.29 is 9.53 Å². The van der Waals surface area contributed by atoms with Crippen LogP contribution in [-0.4, -0.2) is 28.8 Å². The molecule has 1 fully saturated rings. The number of H-pyrrole nitrogens is 1. The quantitative estimate of drug-likeness (QED) is 0.869. The molecule has 0 bridgehead atoms. The molecule has 2 aromatic rings. The molecular weight excluding hydrogens is 230 g/mol. The summed E-state index contributed by atoms with van der Waals surface area (Å²) in [6.07, 6.45) is 2.48. The van der Waals surface area contributed by atoms with Gasteiger partial charge in [0, 0.05) is 12.0 Å². The Hall–Kier alpha value is -1.88. The highest BCUT2D eigenvalue weighted by molar-refractivity contribution is 5.99. The number of nitrogens with one attached hydrogen (secondary N) is 2. The summed E-state index contributed by atoms with van der Waals surface area (Å²) in [5.41, 5.74) is 0.921. The molecule has 1 aliphatic rings. The molecule has 1 unspecified atom stereocenters. The molecule has 1 amide bonds. The lowest BCUT2D eigenvalue weighted by molar-refractivity contribution is -0.118. The molecule has 1 aromatic carbocycles. The minimum absolute atomic E-state index is 0.0425. The van der Waals surface area contributed by atoms with Crippen LogP contribution in [0.5, 0.6) is 0 Å². The van der Waals surface area contributed by atoms with Crippen LogP contribution in [0.25, 0.3) is 10.9 Å². The highest BCUT2D eigenvalue weighted by Crippen LogP contribution is 2.21. The first-order chi connectivity index (χ1) is 8.83. The van der Waals surface area contributed by atoms with Crippen LogP contribution in [0.2, 0.25) is 0 Å². The molecule has 3 rings (SSSR count). The minimum atomic E-state index is -0.0425. The number of amides is 1. The molecule has 0 aliphatic carbocycles. The molecule has 2 heterocycles. The number of rotatable bonds is 3. The van der Waals surface area contributed by atoms with Crippen LogP contribution < -0.4 is 5.32 Å². The van der Waals surface area contributed by atoms with E-state index in [0.29, 0.717) is 12.2 Å². The van der Waals surface area contributed by atoms with Gasteiger partial charge in [-0.15, -0.1) is 0 Å². The van der Waals surface area contributed by atoms with Crippen molar-refractivity contribution in [3.8, 4) is 0 Å². The predicted molar refractivity (Wildman–Crippen MR) is 68.3 cm³/mol. The Morgan fingerprint density at radius 2 is 2.39 bits per heavy atom. The summed E-state index contributed by atoms with van der Waals surface area (Å²) in [5, 5.41) is 10.8. The summed E-state index contributed by atoms with van der Waals surface area (Å²) >= 11 is 0. The summed E-state index contributed by atoms with van der Waals surface area (Å²) in [6.45, 7) is 0.767. The fraction of sp³-hybridized carbons (Fsp3) is 0.385. The molecule has 0 radical (unpaired) electrons. The number of hydrogen-bond acceptors (Lipinski definition) is 3. The van der Waals surface area contributed by atoms with Crippen molar-refractivity contribution in [3.05, 3.63) is 24.3 Å². The van der Waals surface area contributed by atoms with Gasteiger partial charge in [0.25, 0.3) is 0 Å². The maximum absolute atomic E-state index is 11.9. The normalized spacial score (nSPS) is 19.2. The van der Waals surface area contributed by atoms with Crippen LogP contribution in [-0.2, 0) is 9.53 Å². The van der Waals surface area contributed by atoms with Crippen LogP contribution in [0.4, 0.5) is 5.82 Å². The van der Waals surface area contributed by atoms with Crippen LogP contribution in [0.1, 0.15) is 19.3 Å². The standard InChI is InChI=1S/C13H15N3O2/c17-12(8-9-4-3-7-18-9)14-13-10-5-1-2-6-11(10)15-16-13/h1-2,5-6,9H,3-4,7-8H2,(H2,14,15,16,17). The number of ether oxygens (including phenoxy) is 1. The Morgan fingerprint density at radius 1 is 1.50 bits per heavy atom. The van der Waals surface area contributed by atoms with Gasteiger partial charge in [-0.05, 0) is 25.0 Å². The molecule has 0 saturated carbocycles. The van der Waals surface area contributed by atoms with E-state index in [1.165, 1.54) is 0 Å². The molecule has 1 aliphatic heterocycles. The zero-order valence-corrected chi connectivity index (χ0v) is 9.98. The van der Waals surface area contributed by atoms with E-state index < -0.39 is 0 Å². The zero-order chi connectivity index (χ0) is 12.4. The largest absolute Gasteiger partial charge is 0.378 e. The number of carbonyl (C=O) groups is 1. The SMILES string of the molecule is O=C(CC1CCCO1)Nc1n[nH]c2ccccc12. The number of para-hydroxylation sites is 1. The lowest BCUT2D eigenvalue weighted by Gasteiger charge is -2.08. The van der Waals surface area contributed by atoms with E-state index in [1.54, 1.807) is 0 Å². The lowest BCUT2D eigenvalue weighted by Crippen LogP contribution is -2.19. The van der Waals surface area contributed by atoms with E-state index in [4.69, 9.17) is 4.74 Å². The van der Waals surface area contributed by atoms with Crippen molar-refractivity contribution in [2.75, 3.05) is 11.9 Å². The van der Waals surface area contributed by atoms with Crippen molar-refractivity contribution in [1.29, 1.82) is 0 Å². The molecular formula is C13H15N3O2. The Bertz CT molecular complexity index is 558. The summed E-state index contributed by atoms with van der Waals surface area (Å²) in [5.74, 6) is 0.549. The average Bonchev–Trinajstić information content (AvgIpc) is 3.00. The van der Waals surface area contributed by atoms with E-state index in [2.05, 4.69) is 15.5 Å². The highest BCUT2D eigenvalue weighted by atomic mass is 16.5. The number of aromatic nitrogens is 2. The predicted octanol–water partition coefficient (Wildman–Crippen LogP) is 2.07. The number of benzene rings is 1. The summed E-state index contributed by atoms with van der Waals surface area (Å²) < 4.78 is 5.44. The first-order valence-electron chi connectivity index (χ1n) is 6.17. The monoisotopic (exact) mass is 245 g/mol. The van der Waals surface area contributed by atoms with Crippen molar-refractivity contribution >= 4 is 22.6 Å². The fourth-order valence-corrected chi connectivity index (χ4v) is 2.25. The first kappa shape index (κ1) is 11.2. The fourth-order valence-electron chi connectivity index (χ4n) is 2.25. The Kier molecular flexibility index (Phi) is 2.98. The Balaban J connectivity index is 1.70. The lowest BCUT2D eigenvalue weighted by atomic mass is 10.2. The molecule has 1 aromatic heterocycles. The van der Waals surface area contributed by atoms with E-state index in [1.807, 2.05) is 24.3 Å². The Labute approximate surface area is 105 Å². The molecule has 1 saturated heterocycles. The topological polar surface area (TPSA) is 67.0 Å². The van der Waals surface area contributed by atoms with Gasteiger partial charge in [0.15, 0.2) is 5.82 Å². The third kappa shape index (κ3) is 2.22.